The van der Waals surface area contributed by atoms with Gasteiger partial charge in [0.25, 0.3) is 5.91 Å². The van der Waals surface area contributed by atoms with Crippen molar-refractivity contribution in [3.05, 3.63) is 66.0 Å². The molecule has 4 heterocycles. The maximum Gasteiger partial charge on any atom is 0.275 e. The minimum atomic E-state index is -0.287. The second kappa shape index (κ2) is 9.94. The average Bonchev–Trinajstić information content (AvgIpc) is 3.28. The Morgan fingerprint density at radius 2 is 1.86 bits per heavy atom. The number of hydrogen-bond acceptors (Lipinski definition) is 7. The number of amides is 2. The molecule has 188 valence electrons. The molecule has 0 unspecified atom stereocenters. The molecule has 0 spiro atoms. The summed E-state index contributed by atoms with van der Waals surface area (Å²) in [4.78, 5) is 41.9. The average molecular weight is 493 g/mol. The number of halogens is 1. The first-order valence-corrected chi connectivity index (χ1v) is 11.9. The summed E-state index contributed by atoms with van der Waals surface area (Å²) in [6.45, 7) is 4.56. The predicted octanol–water partition coefficient (Wildman–Crippen LogP) is 1.86. The summed E-state index contributed by atoms with van der Waals surface area (Å²) in [6, 6.07) is 10.5. The Morgan fingerprint density at radius 1 is 1.06 bits per heavy atom. The van der Waals surface area contributed by atoms with Crippen LogP contribution in [-0.2, 0) is 17.9 Å². The van der Waals surface area contributed by atoms with E-state index in [4.69, 9.17) is 0 Å². The molecule has 0 atom stereocenters. The lowest BCUT2D eigenvalue weighted by atomic mass is 10.2. The van der Waals surface area contributed by atoms with Crippen LogP contribution in [0.5, 0.6) is 0 Å². The Kier molecular flexibility index (Phi) is 6.55. The Morgan fingerprint density at radius 3 is 2.58 bits per heavy atom. The van der Waals surface area contributed by atoms with E-state index >= 15 is 0 Å². The van der Waals surface area contributed by atoms with E-state index in [9.17, 15) is 14.0 Å². The SMILES string of the molecule is CN1CN(C)c2ncn(CC(=O)Nc3ccc(N4CCN(Cc5cccc(F)c5)CC4)cn3)c2C1=O. The van der Waals surface area contributed by atoms with Crippen molar-refractivity contribution in [2.75, 3.05) is 62.1 Å². The lowest BCUT2D eigenvalue weighted by molar-refractivity contribution is -0.116. The van der Waals surface area contributed by atoms with Crippen LogP contribution >= 0.6 is 0 Å². The van der Waals surface area contributed by atoms with Crippen LogP contribution in [-0.4, -0.2) is 83.1 Å². The fourth-order valence-corrected chi connectivity index (χ4v) is 4.66. The summed E-state index contributed by atoms with van der Waals surface area (Å²) in [5, 5.41) is 2.80. The number of carbonyl (C=O) groups is 2. The summed E-state index contributed by atoms with van der Waals surface area (Å²) in [7, 11) is 3.57. The van der Waals surface area contributed by atoms with Gasteiger partial charge in [0.15, 0.2) is 11.5 Å². The molecule has 0 radical (unpaired) electrons. The fraction of sp³-hybridized carbons (Fsp3) is 0.360. The number of aromatic nitrogens is 3. The fourth-order valence-electron chi connectivity index (χ4n) is 4.66. The summed E-state index contributed by atoms with van der Waals surface area (Å²) in [5.41, 5.74) is 2.37. The van der Waals surface area contributed by atoms with E-state index in [2.05, 4.69) is 25.1 Å². The first-order chi connectivity index (χ1) is 17.4. The van der Waals surface area contributed by atoms with E-state index in [0.29, 0.717) is 24.0 Å². The summed E-state index contributed by atoms with van der Waals surface area (Å²) < 4.78 is 15.0. The molecule has 0 bridgehead atoms. The molecule has 1 saturated heterocycles. The Hall–Kier alpha value is -3.99. The lowest BCUT2D eigenvalue weighted by Gasteiger charge is -2.36. The number of piperazine rings is 1. The van der Waals surface area contributed by atoms with Crippen molar-refractivity contribution in [1.82, 2.24) is 24.3 Å². The monoisotopic (exact) mass is 492 g/mol. The maximum atomic E-state index is 13.4. The largest absolute Gasteiger partial charge is 0.368 e. The first-order valence-electron chi connectivity index (χ1n) is 11.9. The molecule has 0 aliphatic carbocycles. The van der Waals surface area contributed by atoms with Gasteiger partial charge in [0.1, 0.15) is 18.2 Å². The molecule has 3 aromatic rings. The lowest BCUT2D eigenvalue weighted by Crippen LogP contribution is -2.46. The Labute approximate surface area is 208 Å². The number of imidazole rings is 1. The number of pyridine rings is 1. The number of nitrogens with one attached hydrogen (secondary N) is 1. The van der Waals surface area contributed by atoms with Gasteiger partial charge in [-0.3, -0.25) is 14.5 Å². The zero-order chi connectivity index (χ0) is 25.2. The molecule has 1 N–H and O–H groups in total. The molecule has 2 aliphatic heterocycles. The number of rotatable bonds is 6. The van der Waals surface area contributed by atoms with Gasteiger partial charge in [0.05, 0.1) is 24.9 Å². The van der Waals surface area contributed by atoms with Crippen molar-refractivity contribution >= 4 is 29.1 Å². The van der Waals surface area contributed by atoms with Crippen LogP contribution in [0, 0.1) is 5.82 Å². The van der Waals surface area contributed by atoms with Crippen molar-refractivity contribution in [2.24, 2.45) is 0 Å². The summed E-state index contributed by atoms with van der Waals surface area (Å²) in [5.74, 6) is 0.368. The van der Waals surface area contributed by atoms with E-state index in [0.717, 1.165) is 44.0 Å². The molecule has 1 aromatic carbocycles. The van der Waals surface area contributed by atoms with Crippen molar-refractivity contribution in [1.29, 1.82) is 0 Å². The van der Waals surface area contributed by atoms with Gasteiger partial charge in [0.2, 0.25) is 5.91 Å². The minimum absolute atomic E-state index is 0.0353. The standard InChI is InChI=1S/C25H29FN8O2/c1-30-17-31(2)25(36)23-24(30)28-16-34(23)15-22(35)29-21-7-6-20(13-27-21)33-10-8-32(9-11-33)14-18-4-3-5-19(26)12-18/h3-7,12-13,16H,8-11,14-15,17H2,1-2H3,(H,27,29,35). The number of fused-ring (bicyclic) bond motifs is 1. The highest BCUT2D eigenvalue weighted by Crippen LogP contribution is 2.24. The Balaban J connectivity index is 1.14. The molecule has 2 amide bonds. The van der Waals surface area contributed by atoms with Gasteiger partial charge in [-0.05, 0) is 29.8 Å². The van der Waals surface area contributed by atoms with Gasteiger partial charge < -0.3 is 24.6 Å². The molecule has 1 fully saturated rings. The van der Waals surface area contributed by atoms with Crippen LogP contribution in [0.25, 0.3) is 0 Å². The summed E-state index contributed by atoms with van der Waals surface area (Å²) >= 11 is 0. The quantitative estimate of drug-likeness (QED) is 0.562. The molecular weight excluding hydrogens is 463 g/mol. The minimum Gasteiger partial charge on any atom is -0.368 e. The van der Waals surface area contributed by atoms with Crippen molar-refractivity contribution < 1.29 is 14.0 Å². The number of carbonyl (C=O) groups excluding carboxylic acids is 2. The topological polar surface area (TPSA) is 89.8 Å². The maximum absolute atomic E-state index is 13.4. The Bertz CT molecular complexity index is 1250. The molecule has 5 rings (SSSR count). The summed E-state index contributed by atoms with van der Waals surface area (Å²) in [6.07, 6.45) is 3.27. The second-order valence-electron chi connectivity index (χ2n) is 9.23. The van der Waals surface area contributed by atoms with Crippen LogP contribution in [0.2, 0.25) is 0 Å². The van der Waals surface area contributed by atoms with Gasteiger partial charge in [-0.25, -0.2) is 14.4 Å². The normalized spacial score (nSPS) is 16.3. The molecule has 36 heavy (non-hydrogen) atoms. The van der Waals surface area contributed by atoms with Crippen LogP contribution < -0.4 is 15.1 Å². The van der Waals surface area contributed by atoms with Gasteiger partial charge in [-0.2, -0.15) is 0 Å². The van der Waals surface area contributed by atoms with Crippen molar-refractivity contribution in [3.8, 4) is 0 Å². The van der Waals surface area contributed by atoms with Crippen molar-refractivity contribution in [3.63, 3.8) is 0 Å². The first kappa shape index (κ1) is 23.7. The molecule has 0 saturated carbocycles. The third-order valence-corrected chi connectivity index (χ3v) is 6.52. The van der Waals surface area contributed by atoms with E-state index < -0.39 is 0 Å². The van der Waals surface area contributed by atoms with E-state index in [1.807, 2.05) is 24.1 Å². The third kappa shape index (κ3) is 5.01. The van der Waals surface area contributed by atoms with E-state index in [-0.39, 0.29) is 24.2 Å². The number of hydrogen-bond donors (Lipinski definition) is 1. The molecule has 2 aromatic heterocycles. The van der Waals surface area contributed by atoms with Crippen LogP contribution in [0.15, 0.2) is 48.9 Å². The number of nitrogens with zero attached hydrogens (tertiary/aromatic N) is 7. The molecule has 11 heteroatoms. The highest BCUT2D eigenvalue weighted by atomic mass is 19.1. The van der Waals surface area contributed by atoms with Gasteiger partial charge in [-0.1, -0.05) is 12.1 Å². The number of anilines is 3. The van der Waals surface area contributed by atoms with Crippen LogP contribution in [0.3, 0.4) is 0 Å². The van der Waals surface area contributed by atoms with Gasteiger partial charge in [0, 0.05) is 46.8 Å². The third-order valence-electron chi connectivity index (χ3n) is 6.52. The highest BCUT2D eigenvalue weighted by molar-refractivity contribution is 5.99. The zero-order valence-corrected chi connectivity index (χ0v) is 20.4. The van der Waals surface area contributed by atoms with Gasteiger partial charge in [-0.15, -0.1) is 0 Å². The van der Waals surface area contributed by atoms with E-state index in [1.165, 1.54) is 12.4 Å². The highest BCUT2D eigenvalue weighted by Gasteiger charge is 2.30. The second-order valence-corrected chi connectivity index (χ2v) is 9.23. The smallest absolute Gasteiger partial charge is 0.275 e. The van der Waals surface area contributed by atoms with E-state index in [1.54, 1.807) is 40.9 Å². The predicted molar refractivity (Wildman–Crippen MR) is 134 cm³/mol. The van der Waals surface area contributed by atoms with Crippen molar-refractivity contribution in [2.45, 2.75) is 13.1 Å². The molecule has 2 aliphatic rings. The number of benzene rings is 1. The van der Waals surface area contributed by atoms with Crippen LogP contribution in [0.4, 0.5) is 21.7 Å². The van der Waals surface area contributed by atoms with Crippen LogP contribution in [0.1, 0.15) is 16.1 Å². The zero-order valence-electron chi connectivity index (χ0n) is 20.4. The molecule has 10 nitrogen and oxygen atoms in total. The molecular formula is C25H29FN8O2. The van der Waals surface area contributed by atoms with Gasteiger partial charge >= 0.3 is 0 Å².